The maximum Gasteiger partial charge on any atom is 0.171 e. The molecule has 21 heavy (non-hydrogen) atoms. The van der Waals surface area contributed by atoms with Crippen molar-refractivity contribution in [2.75, 3.05) is 5.32 Å². The molecule has 0 aromatic heterocycles. The molecule has 0 saturated carbocycles. The van der Waals surface area contributed by atoms with Gasteiger partial charge in [0.05, 0.1) is 6.04 Å². The van der Waals surface area contributed by atoms with Crippen molar-refractivity contribution >= 4 is 23.0 Å². The number of hydrogen-bond donors (Lipinski definition) is 2. The predicted molar refractivity (Wildman–Crippen MR) is 94.9 cm³/mol. The molecule has 0 amide bonds. The summed E-state index contributed by atoms with van der Waals surface area (Å²) in [5.74, 6) is 0. The number of nitrogens with one attached hydrogen (secondary N) is 2. The summed E-state index contributed by atoms with van der Waals surface area (Å²) < 4.78 is 0. The molecule has 110 valence electrons. The van der Waals surface area contributed by atoms with Crippen LogP contribution < -0.4 is 10.6 Å². The summed E-state index contributed by atoms with van der Waals surface area (Å²) in [4.78, 5) is 0. The number of anilines is 1. The van der Waals surface area contributed by atoms with Gasteiger partial charge in [0.25, 0.3) is 0 Å². The van der Waals surface area contributed by atoms with Crippen LogP contribution in [0.3, 0.4) is 0 Å². The summed E-state index contributed by atoms with van der Waals surface area (Å²) in [6, 6.07) is 14.9. The van der Waals surface area contributed by atoms with Gasteiger partial charge < -0.3 is 10.6 Å². The number of rotatable bonds is 3. The first-order chi connectivity index (χ1) is 9.95. The van der Waals surface area contributed by atoms with Crippen LogP contribution >= 0.6 is 12.2 Å². The average Bonchev–Trinajstić information content (AvgIpc) is 2.44. The minimum Gasteiger partial charge on any atom is -0.356 e. The van der Waals surface area contributed by atoms with Crippen molar-refractivity contribution in [2.24, 2.45) is 0 Å². The van der Waals surface area contributed by atoms with Crippen molar-refractivity contribution in [1.29, 1.82) is 0 Å². The second kappa shape index (κ2) is 6.72. The van der Waals surface area contributed by atoms with Crippen LogP contribution in [0.4, 0.5) is 5.69 Å². The van der Waals surface area contributed by atoms with E-state index >= 15 is 0 Å². The molecule has 0 radical (unpaired) electrons. The molecule has 0 aliphatic carbocycles. The van der Waals surface area contributed by atoms with Gasteiger partial charge in [-0.25, -0.2) is 0 Å². The van der Waals surface area contributed by atoms with Gasteiger partial charge in [0.15, 0.2) is 5.11 Å². The van der Waals surface area contributed by atoms with Crippen molar-refractivity contribution in [3.8, 4) is 0 Å². The van der Waals surface area contributed by atoms with E-state index in [1.807, 2.05) is 12.1 Å². The van der Waals surface area contributed by atoms with E-state index in [0.717, 1.165) is 5.69 Å². The largest absolute Gasteiger partial charge is 0.356 e. The van der Waals surface area contributed by atoms with E-state index in [4.69, 9.17) is 12.2 Å². The highest BCUT2D eigenvalue weighted by molar-refractivity contribution is 7.80. The molecule has 0 fully saturated rings. The molecule has 0 heterocycles. The van der Waals surface area contributed by atoms with Gasteiger partial charge in [-0.05, 0) is 68.7 Å². The number of benzene rings is 2. The van der Waals surface area contributed by atoms with Gasteiger partial charge in [0.1, 0.15) is 0 Å². The van der Waals surface area contributed by atoms with Crippen LogP contribution in [0.15, 0.2) is 42.5 Å². The normalized spacial score (nSPS) is 11.8. The van der Waals surface area contributed by atoms with Crippen molar-refractivity contribution in [2.45, 2.75) is 33.7 Å². The zero-order valence-electron chi connectivity index (χ0n) is 13.0. The molecule has 2 aromatic carbocycles. The molecule has 0 spiro atoms. The lowest BCUT2D eigenvalue weighted by Gasteiger charge is -2.18. The van der Waals surface area contributed by atoms with E-state index in [9.17, 15) is 0 Å². The molecule has 3 heteroatoms. The molecule has 2 aromatic rings. The standard InChI is InChI=1S/C18H22N2S/c1-12-5-9-17(10-6-12)20-18(21)19-15(4)16-8-7-13(2)14(3)11-16/h5-11,15H,1-4H3,(H2,19,20,21)/t15-/m1/s1. The Kier molecular flexibility index (Phi) is 4.97. The lowest BCUT2D eigenvalue weighted by atomic mass is 10.0. The van der Waals surface area contributed by atoms with E-state index in [0.29, 0.717) is 5.11 Å². The lowest BCUT2D eigenvalue weighted by molar-refractivity contribution is 0.721. The minimum atomic E-state index is 0.176. The second-order valence-corrected chi connectivity index (χ2v) is 5.94. The van der Waals surface area contributed by atoms with Gasteiger partial charge in [-0.2, -0.15) is 0 Å². The number of thiocarbonyl (C=S) groups is 1. The zero-order valence-corrected chi connectivity index (χ0v) is 13.8. The summed E-state index contributed by atoms with van der Waals surface area (Å²) in [5.41, 5.74) is 6.10. The molecule has 2 nitrogen and oxygen atoms in total. The Morgan fingerprint density at radius 1 is 0.952 bits per heavy atom. The van der Waals surface area contributed by atoms with Crippen molar-refractivity contribution < 1.29 is 0 Å². The third kappa shape index (κ3) is 4.30. The van der Waals surface area contributed by atoms with E-state index < -0.39 is 0 Å². The summed E-state index contributed by atoms with van der Waals surface area (Å²) in [6.07, 6.45) is 0. The molecule has 2 N–H and O–H groups in total. The van der Waals surface area contributed by atoms with Gasteiger partial charge in [0.2, 0.25) is 0 Å². The predicted octanol–water partition coefficient (Wildman–Crippen LogP) is 4.66. The van der Waals surface area contributed by atoms with E-state index in [1.165, 1.54) is 22.3 Å². The summed E-state index contributed by atoms with van der Waals surface area (Å²) >= 11 is 5.38. The summed E-state index contributed by atoms with van der Waals surface area (Å²) in [5, 5.41) is 7.19. The van der Waals surface area contributed by atoms with Gasteiger partial charge >= 0.3 is 0 Å². The average molecular weight is 298 g/mol. The molecule has 0 aliphatic heterocycles. The van der Waals surface area contributed by atoms with E-state index in [-0.39, 0.29) is 6.04 Å². The first kappa shape index (κ1) is 15.5. The Hall–Kier alpha value is -1.87. The first-order valence-electron chi connectivity index (χ1n) is 7.17. The quantitative estimate of drug-likeness (QED) is 0.806. The summed E-state index contributed by atoms with van der Waals surface area (Å²) in [6.45, 7) is 8.45. The third-order valence-electron chi connectivity index (χ3n) is 3.69. The van der Waals surface area contributed by atoms with E-state index in [1.54, 1.807) is 0 Å². The zero-order chi connectivity index (χ0) is 15.4. The molecule has 0 aliphatic rings. The van der Waals surface area contributed by atoms with Crippen LogP contribution in [0.25, 0.3) is 0 Å². The van der Waals surface area contributed by atoms with Crippen molar-refractivity contribution in [3.63, 3.8) is 0 Å². The fourth-order valence-electron chi connectivity index (χ4n) is 2.12. The molecule has 0 saturated heterocycles. The highest BCUT2D eigenvalue weighted by Gasteiger charge is 2.08. The number of hydrogen-bond acceptors (Lipinski definition) is 1. The van der Waals surface area contributed by atoms with Crippen LogP contribution in [0.5, 0.6) is 0 Å². The van der Waals surface area contributed by atoms with Gasteiger partial charge in [-0.15, -0.1) is 0 Å². The Labute approximate surface area is 132 Å². The van der Waals surface area contributed by atoms with Crippen LogP contribution in [0.2, 0.25) is 0 Å². The first-order valence-corrected chi connectivity index (χ1v) is 7.58. The topological polar surface area (TPSA) is 24.1 Å². The number of aryl methyl sites for hydroxylation is 3. The molecule has 2 rings (SSSR count). The molecular weight excluding hydrogens is 276 g/mol. The minimum absolute atomic E-state index is 0.176. The Bertz CT molecular complexity index is 632. The Balaban J connectivity index is 1.98. The Morgan fingerprint density at radius 3 is 2.24 bits per heavy atom. The molecular formula is C18H22N2S. The van der Waals surface area contributed by atoms with Crippen LogP contribution in [-0.4, -0.2) is 5.11 Å². The molecule has 0 bridgehead atoms. The monoisotopic (exact) mass is 298 g/mol. The van der Waals surface area contributed by atoms with Crippen LogP contribution in [0, 0.1) is 20.8 Å². The highest BCUT2D eigenvalue weighted by atomic mass is 32.1. The fourth-order valence-corrected chi connectivity index (χ4v) is 2.41. The van der Waals surface area contributed by atoms with Crippen LogP contribution in [0.1, 0.15) is 35.2 Å². The van der Waals surface area contributed by atoms with Crippen LogP contribution in [-0.2, 0) is 0 Å². The van der Waals surface area contributed by atoms with Gasteiger partial charge in [-0.1, -0.05) is 35.9 Å². The smallest absolute Gasteiger partial charge is 0.171 e. The highest BCUT2D eigenvalue weighted by Crippen LogP contribution is 2.17. The van der Waals surface area contributed by atoms with E-state index in [2.05, 4.69) is 68.7 Å². The maximum atomic E-state index is 5.38. The van der Waals surface area contributed by atoms with Gasteiger partial charge in [-0.3, -0.25) is 0 Å². The van der Waals surface area contributed by atoms with Crippen molar-refractivity contribution in [3.05, 3.63) is 64.7 Å². The fraction of sp³-hybridized carbons (Fsp3) is 0.278. The SMILES string of the molecule is Cc1ccc(NC(=S)N[C@H](C)c2ccc(C)c(C)c2)cc1. The molecule has 1 atom stereocenters. The van der Waals surface area contributed by atoms with Gasteiger partial charge in [0, 0.05) is 5.69 Å². The molecule has 0 unspecified atom stereocenters. The third-order valence-corrected chi connectivity index (χ3v) is 3.91. The summed E-state index contributed by atoms with van der Waals surface area (Å²) in [7, 11) is 0. The second-order valence-electron chi connectivity index (χ2n) is 5.53. The maximum absolute atomic E-state index is 5.38. The van der Waals surface area contributed by atoms with Crippen molar-refractivity contribution in [1.82, 2.24) is 5.32 Å². The lowest BCUT2D eigenvalue weighted by Crippen LogP contribution is -2.30. The Morgan fingerprint density at radius 2 is 1.62 bits per heavy atom.